The van der Waals surface area contributed by atoms with Gasteiger partial charge < -0.3 is 15.2 Å². The molecule has 5 nitrogen and oxygen atoms in total. The van der Waals surface area contributed by atoms with E-state index >= 15 is 0 Å². The first-order valence-electron chi connectivity index (χ1n) is 7.68. The van der Waals surface area contributed by atoms with Crippen molar-refractivity contribution in [1.29, 1.82) is 0 Å². The largest absolute Gasteiger partial charge is 0.467 e. The maximum atomic E-state index is 13.2. The van der Waals surface area contributed by atoms with Gasteiger partial charge in [-0.2, -0.15) is 26.3 Å². The van der Waals surface area contributed by atoms with Gasteiger partial charge in [-0.05, 0) is 47.7 Å². The summed E-state index contributed by atoms with van der Waals surface area (Å²) < 4.78 is 80.2. The molecule has 1 atom stereocenters. The van der Waals surface area contributed by atoms with Crippen molar-refractivity contribution in [2.45, 2.75) is 37.7 Å². The SMILES string of the molecule is C[C@@](O)(CNC(=O)c1cc(Br)c(OCC(F)(F)F)nc1C(F)(F)F)C1CC1. The topological polar surface area (TPSA) is 71.5 Å². The third-order valence-corrected chi connectivity index (χ3v) is 4.46. The maximum Gasteiger partial charge on any atom is 0.434 e. The molecule has 0 unspecified atom stereocenters. The number of carbonyl (C=O) groups is 1. The second kappa shape index (κ2) is 7.46. The van der Waals surface area contributed by atoms with E-state index in [0.717, 1.165) is 12.8 Å². The van der Waals surface area contributed by atoms with E-state index in [-0.39, 0.29) is 16.9 Å². The molecule has 152 valence electrons. The van der Waals surface area contributed by atoms with Crippen molar-refractivity contribution < 1.29 is 41.0 Å². The molecule has 0 saturated heterocycles. The van der Waals surface area contributed by atoms with Gasteiger partial charge in [-0.15, -0.1) is 0 Å². The second-order valence-electron chi connectivity index (χ2n) is 6.39. The Bertz CT molecular complexity index is 717. The first kappa shape index (κ1) is 21.7. The number of aliphatic hydroxyl groups is 1. The molecule has 1 saturated carbocycles. The number of alkyl halides is 6. The maximum absolute atomic E-state index is 13.2. The highest BCUT2D eigenvalue weighted by Crippen LogP contribution is 2.39. The fourth-order valence-electron chi connectivity index (χ4n) is 2.32. The summed E-state index contributed by atoms with van der Waals surface area (Å²) in [5, 5.41) is 12.3. The minimum atomic E-state index is -5.11. The van der Waals surface area contributed by atoms with Crippen molar-refractivity contribution in [3.63, 3.8) is 0 Å². The fourth-order valence-corrected chi connectivity index (χ4v) is 2.75. The van der Waals surface area contributed by atoms with Crippen molar-refractivity contribution in [2.75, 3.05) is 13.2 Å². The Morgan fingerprint density at radius 2 is 1.93 bits per heavy atom. The van der Waals surface area contributed by atoms with Gasteiger partial charge in [0, 0.05) is 6.54 Å². The zero-order valence-corrected chi connectivity index (χ0v) is 15.4. The normalized spacial score (nSPS) is 17.4. The van der Waals surface area contributed by atoms with Crippen LogP contribution in [-0.2, 0) is 6.18 Å². The number of halogens is 7. The van der Waals surface area contributed by atoms with E-state index < -0.39 is 47.6 Å². The van der Waals surface area contributed by atoms with Crippen molar-refractivity contribution >= 4 is 21.8 Å². The number of rotatable bonds is 6. The van der Waals surface area contributed by atoms with Crippen LogP contribution >= 0.6 is 15.9 Å². The smallest absolute Gasteiger partial charge is 0.434 e. The predicted molar refractivity (Wildman–Crippen MR) is 84.2 cm³/mol. The molecule has 1 aromatic heterocycles. The van der Waals surface area contributed by atoms with Gasteiger partial charge in [-0.3, -0.25) is 4.79 Å². The molecule has 1 aliphatic carbocycles. The van der Waals surface area contributed by atoms with Crippen LogP contribution in [0.4, 0.5) is 26.3 Å². The molecule has 0 bridgehead atoms. The minimum absolute atomic E-state index is 0.0529. The molecule has 0 aliphatic heterocycles. The third kappa shape index (κ3) is 5.96. The van der Waals surface area contributed by atoms with Crippen LogP contribution < -0.4 is 10.1 Å². The molecular formula is C15H15BrF6N2O3. The highest BCUT2D eigenvalue weighted by Gasteiger charge is 2.42. The molecule has 1 amide bonds. The highest BCUT2D eigenvalue weighted by molar-refractivity contribution is 9.10. The van der Waals surface area contributed by atoms with Gasteiger partial charge in [0.05, 0.1) is 15.6 Å². The average molecular weight is 465 g/mol. The quantitative estimate of drug-likeness (QED) is 0.629. The van der Waals surface area contributed by atoms with E-state index in [9.17, 15) is 36.2 Å². The summed E-state index contributed by atoms with van der Waals surface area (Å²) >= 11 is 2.76. The van der Waals surface area contributed by atoms with E-state index in [0.29, 0.717) is 6.07 Å². The van der Waals surface area contributed by atoms with Gasteiger partial charge in [-0.1, -0.05) is 0 Å². The van der Waals surface area contributed by atoms with Gasteiger partial charge in [0.15, 0.2) is 12.3 Å². The summed E-state index contributed by atoms with van der Waals surface area (Å²) in [7, 11) is 0. The number of aromatic nitrogens is 1. The van der Waals surface area contributed by atoms with E-state index in [1.807, 2.05) is 0 Å². The van der Waals surface area contributed by atoms with Crippen LogP contribution in [0.1, 0.15) is 35.8 Å². The molecule has 0 aromatic carbocycles. The molecule has 1 aromatic rings. The van der Waals surface area contributed by atoms with Crippen LogP contribution in [0.25, 0.3) is 0 Å². The third-order valence-electron chi connectivity index (χ3n) is 3.89. The van der Waals surface area contributed by atoms with Crippen LogP contribution in [0.5, 0.6) is 5.88 Å². The molecule has 1 aliphatic rings. The Morgan fingerprint density at radius 1 is 1.33 bits per heavy atom. The lowest BCUT2D eigenvalue weighted by molar-refractivity contribution is -0.155. The number of pyridine rings is 1. The lowest BCUT2D eigenvalue weighted by Crippen LogP contribution is -2.42. The molecule has 27 heavy (non-hydrogen) atoms. The number of nitrogens with one attached hydrogen (secondary N) is 1. The molecule has 1 heterocycles. The molecular weight excluding hydrogens is 450 g/mol. The lowest BCUT2D eigenvalue weighted by atomic mass is 10.0. The first-order chi connectivity index (χ1) is 12.2. The Balaban J connectivity index is 2.26. The number of ether oxygens (including phenoxy) is 1. The van der Waals surface area contributed by atoms with Crippen molar-refractivity contribution in [2.24, 2.45) is 5.92 Å². The first-order valence-corrected chi connectivity index (χ1v) is 8.48. The van der Waals surface area contributed by atoms with Gasteiger partial charge in [0.2, 0.25) is 5.88 Å². The van der Waals surface area contributed by atoms with Crippen molar-refractivity contribution in [1.82, 2.24) is 10.3 Å². The van der Waals surface area contributed by atoms with Crippen LogP contribution in [-0.4, -0.2) is 40.9 Å². The molecule has 12 heteroatoms. The second-order valence-corrected chi connectivity index (χ2v) is 7.24. The van der Waals surface area contributed by atoms with Gasteiger partial charge in [0.25, 0.3) is 5.91 Å². The Hall–Kier alpha value is -1.56. The predicted octanol–water partition coefficient (Wildman–Crippen LogP) is 3.69. The monoisotopic (exact) mass is 464 g/mol. The number of amides is 1. The molecule has 0 spiro atoms. The molecule has 2 rings (SSSR count). The van der Waals surface area contributed by atoms with Crippen molar-refractivity contribution in [3.8, 4) is 5.88 Å². The van der Waals surface area contributed by atoms with Crippen LogP contribution in [0, 0.1) is 5.92 Å². The summed E-state index contributed by atoms with van der Waals surface area (Å²) in [6, 6.07) is 0.683. The Labute approximate surface area is 158 Å². The summed E-state index contributed by atoms with van der Waals surface area (Å²) in [4.78, 5) is 15.2. The number of nitrogens with zero attached hydrogens (tertiary/aromatic N) is 1. The molecule has 2 N–H and O–H groups in total. The van der Waals surface area contributed by atoms with E-state index in [2.05, 4.69) is 31.0 Å². The Kier molecular flexibility index (Phi) is 6.00. The molecule has 0 radical (unpaired) electrons. The fraction of sp³-hybridized carbons (Fsp3) is 0.600. The zero-order valence-electron chi connectivity index (χ0n) is 13.8. The van der Waals surface area contributed by atoms with Gasteiger partial charge >= 0.3 is 12.4 Å². The standard InChI is InChI=1S/C15H15BrF6N2O3/c1-13(26,7-2-3-7)5-23-11(25)8-4-9(16)12(27-6-14(17,18)19)24-10(8)15(20,21)22/h4,7,26H,2-3,5-6H2,1H3,(H,23,25)/t13-/m1/s1. The van der Waals surface area contributed by atoms with E-state index in [1.54, 1.807) is 0 Å². The van der Waals surface area contributed by atoms with Crippen LogP contribution in [0.2, 0.25) is 0 Å². The number of carbonyl (C=O) groups excluding carboxylic acids is 1. The number of hydrogen-bond donors (Lipinski definition) is 2. The molecule has 1 fully saturated rings. The van der Waals surface area contributed by atoms with E-state index in [4.69, 9.17) is 0 Å². The summed E-state index contributed by atoms with van der Waals surface area (Å²) in [5.41, 5.74) is -3.86. The zero-order chi connectivity index (χ0) is 20.6. The van der Waals surface area contributed by atoms with Crippen molar-refractivity contribution in [3.05, 3.63) is 21.8 Å². The highest BCUT2D eigenvalue weighted by atomic mass is 79.9. The summed E-state index contributed by atoms with van der Waals surface area (Å²) in [5.74, 6) is -2.16. The van der Waals surface area contributed by atoms with Gasteiger partial charge in [0.1, 0.15) is 0 Å². The van der Waals surface area contributed by atoms with E-state index in [1.165, 1.54) is 6.92 Å². The number of hydrogen-bond acceptors (Lipinski definition) is 4. The van der Waals surface area contributed by atoms with Gasteiger partial charge in [-0.25, -0.2) is 4.98 Å². The summed E-state index contributed by atoms with van der Waals surface area (Å²) in [6.45, 7) is -0.665. The Morgan fingerprint density at radius 3 is 2.41 bits per heavy atom. The van der Waals surface area contributed by atoms with Crippen LogP contribution in [0.15, 0.2) is 10.5 Å². The lowest BCUT2D eigenvalue weighted by Gasteiger charge is -2.23. The minimum Gasteiger partial charge on any atom is -0.467 e. The van der Waals surface area contributed by atoms with Crippen LogP contribution in [0.3, 0.4) is 0 Å². The summed E-state index contributed by atoms with van der Waals surface area (Å²) in [6.07, 6.45) is -8.39. The average Bonchev–Trinajstić information content (AvgIpc) is 3.34.